The van der Waals surface area contributed by atoms with Crippen LogP contribution in [0.5, 0.6) is 5.06 Å². The molecule has 4 heteroatoms. The molecule has 0 atom stereocenters. The number of allylic oxidation sites excluding steroid dienone is 6. The van der Waals surface area contributed by atoms with Gasteiger partial charge in [-0.2, -0.15) is 0 Å². The topological polar surface area (TPSA) is 35.5 Å². The van der Waals surface area contributed by atoms with Gasteiger partial charge in [0.25, 0.3) is 0 Å². The summed E-state index contributed by atoms with van der Waals surface area (Å²) in [6.45, 7) is 8.16. The Labute approximate surface area is 142 Å². The lowest BCUT2D eigenvalue weighted by Gasteiger charge is -1.96. The average Bonchev–Trinajstić information content (AvgIpc) is 2.85. The number of aryl methyl sites for hydroxylation is 1. The Morgan fingerprint density at radius 3 is 2.61 bits per heavy atom. The lowest BCUT2D eigenvalue weighted by atomic mass is 10.2. The maximum absolute atomic E-state index is 11.3. The molecule has 0 N–H and O–H groups in total. The van der Waals surface area contributed by atoms with Crippen LogP contribution < -0.4 is 4.74 Å². The number of hydrogen-bond donors (Lipinski definition) is 0. The second-order valence-electron chi connectivity index (χ2n) is 5.06. The van der Waals surface area contributed by atoms with Gasteiger partial charge in [0.15, 0.2) is 5.06 Å². The minimum atomic E-state index is -0.308. The summed E-state index contributed by atoms with van der Waals surface area (Å²) in [6, 6.07) is 2.03. The molecule has 0 fully saturated rings. The summed E-state index contributed by atoms with van der Waals surface area (Å²) in [6.07, 6.45) is 11.4. The zero-order valence-corrected chi connectivity index (χ0v) is 15.2. The maximum Gasteiger partial charge on any atom is 0.330 e. The molecular formula is C19H24O3S. The molecule has 0 aliphatic heterocycles. The molecule has 124 valence electrons. The van der Waals surface area contributed by atoms with Crippen LogP contribution in [0, 0.1) is 6.92 Å². The molecule has 0 radical (unpaired) electrons. The van der Waals surface area contributed by atoms with E-state index in [0.717, 1.165) is 16.2 Å². The molecule has 0 aromatic carbocycles. The molecule has 3 nitrogen and oxygen atoms in total. The van der Waals surface area contributed by atoms with Crippen molar-refractivity contribution in [1.29, 1.82) is 0 Å². The molecule has 0 bridgehead atoms. The second kappa shape index (κ2) is 9.85. The normalized spacial score (nSPS) is 13.1. The van der Waals surface area contributed by atoms with E-state index in [-0.39, 0.29) is 5.97 Å². The number of hydrogen-bond acceptors (Lipinski definition) is 4. The molecule has 0 aliphatic carbocycles. The van der Waals surface area contributed by atoms with E-state index in [1.54, 1.807) is 25.4 Å². The van der Waals surface area contributed by atoms with Crippen molar-refractivity contribution in [1.82, 2.24) is 0 Å². The number of methoxy groups -OCH3 is 1. The van der Waals surface area contributed by atoms with Crippen LogP contribution in [0.2, 0.25) is 0 Å². The van der Waals surface area contributed by atoms with Crippen LogP contribution in [-0.2, 0) is 9.53 Å². The third kappa shape index (κ3) is 7.15. The van der Waals surface area contributed by atoms with Gasteiger partial charge in [-0.25, -0.2) is 4.79 Å². The Hall–Kier alpha value is -2.07. The van der Waals surface area contributed by atoms with Crippen LogP contribution in [0.15, 0.2) is 47.6 Å². The molecule has 1 aromatic rings. The summed E-state index contributed by atoms with van der Waals surface area (Å²) in [5.41, 5.74) is 3.19. The van der Waals surface area contributed by atoms with Crippen molar-refractivity contribution >= 4 is 23.4 Å². The summed E-state index contributed by atoms with van der Waals surface area (Å²) in [5.74, 6) is -0.308. The molecular weight excluding hydrogens is 308 g/mol. The minimum absolute atomic E-state index is 0.308. The molecule has 0 spiro atoms. The summed E-state index contributed by atoms with van der Waals surface area (Å²) >= 11 is 1.63. The van der Waals surface area contributed by atoms with Crippen molar-refractivity contribution in [3.8, 4) is 5.06 Å². The third-order valence-electron chi connectivity index (χ3n) is 2.98. The van der Waals surface area contributed by atoms with Gasteiger partial charge in [-0.05, 0) is 51.0 Å². The Kier molecular flexibility index (Phi) is 8.13. The fourth-order valence-electron chi connectivity index (χ4n) is 1.76. The van der Waals surface area contributed by atoms with Crippen LogP contribution in [0.1, 0.15) is 31.2 Å². The zero-order valence-electron chi connectivity index (χ0n) is 14.4. The van der Waals surface area contributed by atoms with E-state index in [1.807, 2.05) is 38.1 Å². The van der Waals surface area contributed by atoms with Gasteiger partial charge < -0.3 is 9.47 Å². The molecule has 0 amide bonds. The lowest BCUT2D eigenvalue weighted by molar-refractivity contribution is -0.137. The number of rotatable bonds is 7. The van der Waals surface area contributed by atoms with Crippen LogP contribution >= 0.6 is 11.3 Å². The molecule has 0 saturated carbocycles. The molecule has 1 aromatic heterocycles. The molecule has 1 rings (SSSR count). The predicted molar refractivity (Wildman–Crippen MR) is 97.9 cm³/mol. The summed E-state index contributed by atoms with van der Waals surface area (Å²) in [7, 11) is 1.68. The predicted octanol–water partition coefficient (Wildman–Crippen LogP) is 5.09. The third-order valence-corrected chi connectivity index (χ3v) is 4.15. The van der Waals surface area contributed by atoms with E-state index < -0.39 is 0 Å². The van der Waals surface area contributed by atoms with Gasteiger partial charge in [0.05, 0.1) is 13.7 Å². The number of carbonyl (C=O) groups is 1. The minimum Gasteiger partial charge on any atom is -0.487 e. The van der Waals surface area contributed by atoms with Crippen molar-refractivity contribution in [3.63, 3.8) is 0 Å². The van der Waals surface area contributed by atoms with Crippen molar-refractivity contribution < 1.29 is 14.3 Å². The average molecular weight is 332 g/mol. The van der Waals surface area contributed by atoms with Gasteiger partial charge in [0.2, 0.25) is 0 Å². The number of ether oxygens (including phenoxy) is 2. The van der Waals surface area contributed by atoms with Crippen molar-refractivity contribution in [3.05, 3.63) is 58.0 Å². The van der Waals surface area contributed by atoms with Gasteiger partial charge in [-0.15, -0.1) is 0 Å². The van der Waals surface area contributed by atoms with E-state index in [4.69, 9.17) is 9.47 Å². The van der Waals surface area contributed by atoms with Crippen molar-refractivity contribution in [2.24, 2.45) is 0 Å². The standard InChI is InChI=1S/C19H24O3S/c1-6-22-18(20)12-15(3)9-7-8-14(2)10-11-17-16(4)13-19(21-5)23-17/h7-13H,6H2,1-5H3/b9-7+,11-10?,14-8?,15-12?. The first-order valence-electron chi connectivity index (χ1n) is 7.48. The lowest BCUT2D eigenvalue weighted by Crippen LogP contribution is -1.99. The maximum atomic E-state index is 11.3. The van der Waals surface area contributed by atoms with Crippen molar-refractivity contribution in [2.75, 3.05) is 13.7 Å². The first-order valence-corrected chi connectivity index (χ1v) is 8.30. The van der Waals surface area contributed by atoms with Gasteiger partial charge >= 0.3 is 5.97 Å². The number of esters is 1. The summed E-state index contributed by atoms with van der Waals surface area (Å²) < 4.78 is 10.1. The number of carbonyl (C=O) groups excluding carboxylic acids is 1. The van der Waals surface area contributed by atoms with Gasteiger partial charge in [-0.3, -0.25) is 0 Å². The fourth-order valence-corrected chi connectivity index (χ4v) is 2.66. The van der Waals surface area contributed by atoms with E-state index in [9.17, 15) is 4.79 Å². The van der Waals surface area contributed by atoms with Crippen molar-refractivity contribution in [2.45, 2.75) is 27.7 Å². The SMILES string of the molecule is CCOC(=O)C=C(C)/C=C/C=C(C)C=Cc1sc(OC)cc1C. The van der Waals surface area contributed by atoms with Crippen LogP contribution in [0.3, 0.4) is 0 Å². The smallest absolute Gasteiger partial charge is 0.330 e. The van der Waals surface area contributed by atoms with E-state index >= 15 is 0 Å². The summed E-state index contributed by atoms with van der Waals surface area (Å²) in [5, 5.41) is 0.920. The quantitative estimate of drug-likeness (QED) is 0.396. The molecule has 0 saturated heterocycles. The van der Waals surface area contributed by atoms with E-state index in [1.165, 1.54) is 16.5 Å². The highest BCUT2D eigenvalue weighted by molar-refractivity contribution is 7.14. The monoisotopic (exact) mass is 332 g/mol. The van der Waals surface area contributed by atoms with E-state index in [0.29, 0.717) is 6.61 Å². The van der Waals surface area contributed by atoms with Gasteiger partial charge in [0, 0.05) is 11.0 Å². The summed E-state index contributed by atoms with van der Waals surface area (Å²) in [4.78, 5) is 12.5. The molecule has 1 heterocycles. The Balaban J connectivity index is 2.66. The second-order valence-corrected chi connectivity index (χ2v) is 6.11. The fraction of sp³-hybridized carbons (Fsp3) is 0.316. The van der Waals surface area contributed by atoms with Crippen LogP contribution in [-0.4, -0.2) is 19.7 Å². The zero-order chi connectivity index (χ0) is 17.2. The van der Waals surface area contributed by atoms with Crippen LogP contribution in [0.4, 0.5) is 0 Å². The van der Waals surface area contributed by atoms with Gasteiger partial charge in [-0.1, -0.05) is 41.2 Å². The van der Waals surface area contributed by atoms with E-state index in [2.05, 4.69) is 19.1 Å². The Morgan fingerprint density at radius 1 is 1.26 bits per heavy atom. The highest BCUT2D eigenvalue weighted by atomic mass is 32.1. The molecule has 23 heavy (non-hydrogen) atoms. The first kappa shape index (κ1) is 19.0. The van der Waals surface area contributed by atoms with Crippen LogP contribution in [0.25, 0.3) is 6.08 Å². The Morgan fingerprint density at radius 2 is 2.00 bits per heavy atom. The largest absolute Gasteiger partial charge is 0.487 e. The number of thiophene rings is 1. The first-order chi connectivity index (χ1) is 11.0. The molecule has 0 aliphatic rings. The highest BCUT2D eigenvalue weighted by Gasteiger charge is 2.01. The van der Waals surface area contributed by atoms with Gasteiger partial charge in [0.1, 0.15) is 0 Å². The highest BCUT2D eigenvalue weighted by Crippen LogP contribution is 2.29. The molecule has 0 unspecified atom stereocenters. The Bertz CT molecular complexity index is 646.